The number of hydrogen-bond acceptors (Lipinski definition) is 3. The molecule has 0 aliphatic heterocycles. The quantitative estimate of drug-likeness (QED) is 0.453. The second-order valence-corrected chi connectivity index (χ2v) is 3.23. The predicted octanol–water partition coefficient (Wildman–Crippen LogP) is 2.27. The highest BCUT2D eigenvalue weighted by molar-refractivity contribution is 5.81. The first kappa shape index (κ1) is 10.3. The number of nitro benzene ring substituents is 1. The molecule has 5 nitrogen and oxygen atoms in total. The van der Waals surface area contributed by atoms with Gasteiger partial charge in [-0.15, -0.1) is 6.58 Å². The summed E-state index contributed by atoms with van der Waals surface area (Å²) < 4.78 is 14.8. The van der Waals surface area contributed by atoms with Gasteiger partial charge in [0.15, 0.2) is 0 Å². The summed E-state index contributed by atoms with van der Waals surface area (Å²) in [6.45, 7) is 3.97. The van der Waals surface area contributed by atoms with E-state index in [1.54, 1.807) is 6.08 Å². The average Bonchev–Trinajstić information content (AvgIpc) is 2.60. The Morgan fingerprint density at radius 1 is 1.62 bits per heavy atom. The van der Waals surface area contributed by atoms with E-state index in [4.69, 9.17) is 0 Å². The van der Waals surface area contributed by atoms with E-state index in [2.05, 4.69) is 11.7 Å². The van der Waals surface area contributed by atoms with Crippen molar-refractivity contribution >= 4 is 16.6 Å². The molecule has 0 bridgehead atoms. The molecule has 1 heterocycles. The van der Waals surface area contributed by atoms with Gasteiger partial charge in [0, 0.05) is 11.5 Å². The molecule has 0 amide bonds. The summed E-state index contributed by atoms with van der Waals surface area (Å²) in [6.07, 6.45) is 3.08. The lowest BCUT2D eigenvalue weighted by atomic mass is 10.2. The number of nitro groups is 1. The third-order valence-electron chi connectivity index (χ3n) is 2.21. The SMILES string of the molecule is C=CCn1ncc2cc(F)c([N+](=O)[O-])cc21. The standard InChI is InChI=1S/C10H8FN3O2/c1-2-3-13-9-5-10(14(15)16)8(11)4-7(9)6-12-13/h2,4-6H,1,3H2. The molecule has 0 aliphatic carbocycles. The van der Waals surface area contributed by atoms with E-state index < -0.39 is 16.4 Å². The second-order valence-electron chi connectivity index (χ2n) is 3.23. The van der Waals surface area contributed by atoms with E-state index in [0.717, 1.165) is 6.07 Å². The lowest BCUT2D eigenvalue weighted by Gasteiger charge is -1.99. The van der Waals surface area contributed by atoms with Crippen LogP contribution in [0.2, 0.25) is 0 Å². The summed E-state index contributed by atoms with van der Waals surface area (Å²) in [5.74, 6) is -0.851. The molecule has 0 fully saturated rings. The molecule has 2 rings (SSSR count). The summed E-state index contributed by atoms with van der Waals surface area (Å²) in [5.41, 5.74) is -0.0219. The summed E-state index contributed by atoms with van der Waals surface area (Å²) >= 11 is 0. The van der Waals surface area contributed by atoms with Crippen molar-refractivity contribution in [3.05, 3.63) is 46.9 Å². The fourth-order valence-electron chi connectivity index (χ4n) is 1.49. The van der Waals surface area contributed by atoms with Gasteiger partial charge in [0.1, 0.15) is 0 Å². The van der Waals surface area contributed by atoms with Gasteiger partial charge in [-0.1, -0.05) is 6.08 Å². The maximum Gasteiger partial charge on any atom is 0.306 e. The van der Waals surface area contributed by atoms with Crippen LogP contribution in [0.3, 0.4) is 0 Å². The van der Waals surface area contributed by atoms with Crippen LogP contribution in [0.5, 0.6) is 0 Å². The summed E-state index contributed by atoms with van der Waals surface area (Å²) in [4.78, 5) is 9.82. The molecule has 0 aliphatic rings. The number of rotatable bonds is 3. The van der Waals surface area contributed by atoms with Crippen LogP contribution in [0.25, 0.3) is 10.9 Å². The molecule has 2 aromatic rings. The molecule has 1 aromatic carbocycles. The minimum atomic E-state index is -0.851. The van der Waals surface area contributed by atoms with E-state index in [1.807, 2.05) is 0 Å². The van der Waals surface area contributed by atoms with Gasteiger partial charge in [0.2, 0.25) is 5.82 Å². The van der Waals surface area contributed by atoms with Crippen molar-refractivity contribution < 1.29 is 9.31 Å². The van der Waals surface area contributed by atoms with Crippen LogP contribution in [-0.4, -0.2) is 14.7 Å². The van der Waals surface area contributed by atoms with Gasteiger partial charge < -0.3 is 0 Å². The Labute approximate surface area is 89.9 Å². The zero-order valence-corrected chi connectivity index (χ0v) is 8.26. The molecular formula is C10H8FN3O2. The molecule has 1 aromatic heterocycles. The molecule has 0 atom stereocenters. The number of allylic oxidation sites excluding steroid dienone is 1. The Bertz CT molecular complexity index is 577. The smallest absolute Gasteiger partial charge is 0.261 e. The van der Waals surface area contributed by atoms with Crippen LogP contribution in [0.15, 0.2) is 31.0 Å². The Kier molecular flexibility index (Phi) is 2.40. The largest absolute Gasteiger partial charge is 0.306 e. The number of fused-ring (bicyclic) bond motifs is 1. The van der Waals surface area contributed by atoms with Gasteiger partial charge in [0.05, 0.1) is 23.2 Å². The highest BCUT2D eigenvalue weighted by Gasteiger charge is 2.16. The Hall–Kier alpha value is -2.24. The third kappa shape index (κ3) is 1.54. The van der Waals surface area contributed by atoms with Gasteiger partial charge in [-0.2, -0.15) is 9.49 Å². The fourth-order valence-corrected chi connectivity index (χ4v) is 1.49. The molecule has 0 spiro atoms. The molecule has 0 saturated heterocycles. The first-order valence-electron chi connectivity index (χ1n) is 4.54. The highest BCUT2D eigenvalue weighted by Crippen LogP contribution is 2.24. The van der Waals surface area contributed by atoms with Gasteiger partial charge in [-0.05, 0) is 6.07 Å². The summed E-state index contributed by atoms with van der Waals surface area (Å²) in [5, 5.41) is 15.1. The average molecular weight is 221 g/mol. The maximum absolute atomic E-state index is 13.3. The fraction of sp³-hybridized carbons (Fsp3) is 0.100. The molecule has 82 valence electrons. The van der Waals surface area contributed by atoms with Gasteiger partial charge in [0.25, 0.3) is 0 Å². The molecule has 6 heteroatoms. The summed E-state index contributed by atoms with van der Waals surface area (Å²) in [6, 6.07) is 2.29. The van der Waals surface area contributed by atoms with Gasteiger partial charge in [-0.3, -0.25) is 14.8 Å². The van der Waals surface area contributed by atoms with Crippen LogP contribution < -0.4 is 0 Å². The monoisotopic (exact) mass is 221 g/mol. The molecular weight excluding hydrogens is 213 g/mol. The molecule has 0 N–H and O–H groups in total. The first-order chi connectivity index (χ1) is 7.63. The van der Waals surface area contributed by atoms with E-state index >= 15 is 0 Å². The van der Waals surface area contributed by atoms with Gasteiger partial charge >= 0.3 is 5.69 Å². The second kappa shape index (κ2) is 3.73. The zero-order valence-electron chi connectivity index (χ0n) is 8.26. The van der Waals surface area contributed by atoms with E-state index in [-0.39, 0.29) is 0 Å². The van der Waals surface area contributed by atoms with Crippen molar-refractivity contribution in [1.29, 1.82) is 0 Å². The zero-order chi connectivity index (χ0) is 11.7. The van der Waals surface area contributed by atoms with Crippen molar-refractivity contribution in [1.82, 2.24) is 9.78 Å². The van der Waals surface area contributed by atoms with Crippen molar-refractivity contribution in [2.45, 2.75) is 6.54 Å². The Morgan fingerprint density at radius 2 is 2.38 bits per heavy atom. The normalized spacial score (nSPS) is 10.6. The lowest BCUT2D eigenvalue weighted by Crippen LogP contribution is -1.98. The number of aromatic nitrogens is 2. The van der Waals surface area contributed by atoms with Crippen LogP contribution in [0, 0.1) is 15.9 Å². The Balaban J connectivity index is 2.68. The van der Waals surface area contributed by atoms with E-state index in [1.165, 1.54) is 16.9 Å². The number of hydrogen-bond donors (Lipinski definition) is 0. The number of halogens is 1. The molecule has 0 saturated carbocycles. The van der Waals surface area contributed by atoms with E-state index in [9.17, 15) is 14.5 Å². The highest BCUT2D eigenvalue weighted by atomic mass is 19.1. The first-order valence-corrected chi connectivity index (χ1v) is 4.54. The van der Waals surface area contributed by atoms with Crippen LogP contribution in [0.1, 0.15) is 0 Å². The predicted molar refractivity (Wildman–Crippen MR) is 56.5 cm³/mol. The van der Waals surface area contributed by atoms with Crippen molar-refractivity contribution in [2.24, 2.45) is 0 Å². The maximum atomic E-state index is 13.3. The molecule has 16 heavy (non-hydrogen) atoms. The summed E-state index contributed by atoms with van der Waals surface area (Å²) in [7, 11) is 0. The van der Waals surface area contributed by atoms with E-state index in [0.29, 0.717) is 17.4 Å². The number of nitrogens with zero attached hydrogens (tertiary/aromatic N) is 3. The number of benzene rings is 1. The van der Waals surface area contributed by atoms with Crippen molar-refractivity contribution in [3.8, 4) is 0 Å². The topological polar surface area (TPSA) is 61.0 Å². The van der Waals surface area contributed by atoms with Crippen LogP contribution in [-0.2, 0) is 6.54 Å². The molecule has 0 unspecified atom stereocenters. The van der Waals surface area contributed by atoms with Crippen LogP contribution >= 0.6 is 0 Å². The van der Waals surface area contributed by atoms with Crippen molar-refractivity contribution in [3.63, 3.8) is 0 Å². The Morgan fingerprint density at radius 3 is 3.00 bits per heavy atom. The van der Waals surface area contributed by atoms with Gasteiger partial charge in [-0.25, -0.2) is 0 Å². The third-order valence-corrected chi connectivity index (χ3v) is 2.21. The van der Waals surface area contributed by atoms with Crippen molar-refractivity contribution in [2.75, 3.05) is 0 Å². The minimum absolute atomic E-state index is 0.423. The molecule has 0 radical (unpaired) electrons. The minimum Gasteiger partial charge on any atom is -0.261 e. The van der Waals surface area contributed by atoms with Crippen LogP contribution in [0.4, 0.5) is 10.1 Å². The lowest BCUT2D eigenvalue weighted by molar-refractivity contribution is -0.387.